The first kappa shape index (κ1) is 9.89. The van der Waals surface area contributed by atoms with Gasteiger partial charge in [-0.3, -0.25) is 4.79 Å². The minimum atomic E-state index is -0.956. The molecule has 1 aromatic carbocycles. The smallest absolute Gasteiger partial charge is 0.335 e. The number of aromatic nitrogens is 1. The number of fused-ring (bicyclic) bond motifs is 3. The van der Waals surface area contributed by atoms with E-state index in [4.69, 9.17) is 5.11 Å². The van der Waals surface area contributed by atoms with Crippen molar-refractivity contribution in [1.29, 1.82) is 0 Å². The summed E-state index contributed by atoms with van der Waals surface area (Å²) in [6.45, 7) is 0.593. The monoisotopic (exact) mass is 230 g/mol. The summed E-state index contributed by atoms with van der Waals surface area (Å²) in [5.41, 5.74) is 2.50. The van der Waals surface area contributed by atoms with Crippen molar-refractivity contribution in [2.75, 3.05) is 6.54 Å². The molecule has 0 saturated heterocycles. The van der Waals surface area contributed by atoms with Crippen LogP contribution in [0.3, 0.4) is 0 Å². The Hall–Kier alpha value is -2.30. The number of H-pyrrole nitrogens is 1. The number of aromatic amines is 1. The van der Waals surface area contributed by atoms with E-state index in [1.165, 1.54) is 6.07 Å². The molecule has 3 N–H and O–H groups in total. The second-order valence-corrected chi connectivity index (χ2v) is 4.05. The lowest BCUT2D eigenvalue weighted by Gasteiger charge is -2.11. The van der Waals surface area contributed by atoms with E-state index in [0.29, 0.717) is 12.2 Å². The summed E-state index contributed by atoms with van der Waals surface area (Å²) in [5.74, 6) is -1.08. The zero-order valence-corrected chi connectivity index (χ0v) is 8.91. The molecule has 5 nitrogen and oxygen atoms in total. The maximum Gasteiger partial charge on any atom is 0.335 e. The maximum absolute atomic E-state index is 11.6. The molecule has 1 aliphatic heterocycles. The SMILES string of the molecule is O=C(O)c1ccc2[nH]c3c(c2c1)CCNC3=O. The number of amides is 1. The molecule has 0 saturated carbocycles. The van der Waals surface area contributed by atoms with E-state index < -0.39 is 5.97 Å². The first-order valence-electron chi connectivity index (χ1n) is 5.33. The molecule has 86 valence electrons. The molecule has 2 aromatic rings. The molecule has 1 aromatic heterocycles. The summed E-state index contributed by atoms with van der Waals surface area (Å²) < 4.78 is 0. The van der Waals surface area contributed by atoms with Gasteiger partial charge in [-0.1, -0.05) is 0 Å². The first-order valence-corrected chi connectivity index (χ1v) is 5.33. The van der Waals surface area contributed by atoms with Crippen LogP contribution in [0.2, 0.25) is 0 Å². The Morgan fingerprint density at radius 1 is 1.35 bits per heavy atom. The highest BCUT2D eigenvalue weighted by Gasteiger charge is 2.21. The average molecular weight is 230 g/mol. The third kappa shape index (κ3) is 1.39. The van der Waals surface area contributed by atoms with E-state index in [-0.39, 0.29) is 11.5 Å². The largest absolute Gasteiger partial charge is 0.478 e. The number of hydrogen-bond donors (Lipinski definition) is 3. The van der Waals surface area contributed by atoms with Crippen LogP contribution in [0.1, 0.15) is 26.4 Å². The Labute approximate surface area is 96.4 Å². The van der Waals surface area contributed by atoms with Crippen molar-refractivity contribution in [3.63, 3.8) is 0 Å². The summed E-state index contributed by atoms with van der Waals surface area (Å²) in [4.78, 5) is 25.6. The van der Waals surface area contributed by atoms with Crippen molar-refractivity contribution >= 4 is 22.8 Å². The Morgan fingerprint density at radius 2 is 2.18 bits per heavy atom. The highest BCUT2D eigenvalue weighted by molar-refractivity contribution is 6.03. The topological polar surface area (TPSA) is 82.2 Å². The number of hydrogen-bond acceptors (Lipinski definition) is 2. The van der Waals surface area contributed by atoms with Crippen LogP contribution < -0.4 is 5.32 Å². The fourth-order valence-electron chi connectivity index (χ4n) is 2.22. The quantitative estimate of drug-likeness (QED) is 0.687. The van der Waals surface area contributed by atoms with E-state index >= 15 is 0 Å². The summed E-state index contributed by atoms with van der Waals surface area (Å²) in [6, 6.07) is 4.85. The highest BCUT2D eigenvalue weighted by Crippen LogP contribution is 2.25. The van der Waals surface area contributed by atoms with E-state index in [1.54, 1.807) is 12.1 Å². The van der Waals surface area contributed by atoms with Gasteiger partial charge in [0.1, 0.15) is 5.69 Å². The van der Waals surface area contributed by atoms with Crippen LogP contribution in [0.4, 0.5) is 0 Å². The van der Waals surface area contributed by atoms with E-state index in [9.17, 15) is 9.59 Å². The molecule has 0 fully saturated rings. The van der Waals surface area contributed by atoms with Gasteiger partial charge in [0.15, 0.2) is 0 Å². The normalized spacial score (nSPS) is 14.5. The molecule has 0 atom stereocenters. The molecule has 1 aliphatic rings. The summed E-state index contributed by atoms with van der Waals surface area (Å²) in [7, 11) is 0. The van der Waals surface area contributed by atoms with Gasteiger partial charge in [-0.05, 0) is 30.2 Å². The van der Waals surface area contributed by atoms with Gasteiger partial charge in [-0.15, -0.1) is 0 Å². The number of carbonyl (C=O) groups excluding carboxylic acids is 1. The molecular weight excluding hydrogens is 220 g/mol. The number of benzene rings is 1. The number of rotatable bonds is 1. The lowest BCUT2D eigenvalue weighted by Crippen LogP contribution is -2.31. The summed E-state index contributed by atoms with van der Waals surface area (Å²) in [5, 5.41) is 12.5. The molecule has 2 heterocycles. The Balaban J connectivity index is 2.29. The molecule has 0 spiro atoms. The van der Waals surface area contributed by atoms with Crippen molar-refractivity contribution in [3.05, 3.63) is 35.0 Å². The van der Waals surface area contributed by atoms with E-state index in [2.05, 4.69) is 10.3 Å². The number of carboxylic acids is 1. The Kier molecular flexibility index (Phi) is 1.95. The number of nitrogens with one attached hydrogen (secondary N) is 2. The van der Waals surface area contributed by atoms with Gasteiger partial charge in [0.25, 0.3) is 5.91 Å². The van der Waals surface area contributed by atoms with Crippen molar-refractivity contribution < 1.29 is 14.7 Å². The predicted molar refractivity (Wildman–Crippen MR) is 61.3 cm³/mol. The van der Waals surface area contributed by atoms with Gasteiger partial charge in [0, 0.05) is 17.4 Å². The van der Waals surface area contributed by atoms with Crippen molar-refractivity contribution in [3.8, 4) is 0 Å². The van der Waals surface area contributed by atoms with Crippen LogP contribution in [0.15, 0.2) is 18.2 Å². The second-order valence-electron chi connectivity index (χ2n) is 4.05. The van der Waals surface area contributed by atoms with Gasteiger partial charge in [0.2, 0.25) is 0 Å². The molecule has 0 bridgehead atoms. The minimum absolute atomic E-state index is 0.126. The van der Waals surface area contributed by atoms with Gasteiger partial charge >= 0.3 is 5.97 Å². The maximum atomic E-state index is 11.6. The molecule has 5 heteroatoms. The molecule has 1 amide bonds. The molecular formula is C12H10N2O3. The highest BCUT2D eigenvalue weighted by atomic mass is 16.4. The summed E-state index contributed by atoms with van der Waals surface area (Å²) in [6.07, 6.45) is 0.726. The second kappa shape index (κ2) is 3.35. The standard InChI is InChI=1S/C12H10N2O3/c15-11-10-7(3-4-13-11)8-5-6(12(16)17)1-2-9(8)14-10/h1-2,5,14H,3-4H2,(H,13,15)(H,16,17). The Morgan fingerprint density at radius 3 is 2.94 bits per heavy atom. The van der Waals surface area contributed by atoms with Gasteiger partial charge in [-0.25, -0.2) is 4.79 Å². The van der Waals surface area contributed by atoms with Crippen LogP contribution in [0.5, 0.6) is 0 Å². The first-order chi connectivity index (χ1) is 8.16. The third-order valence-corrected chi connectivity index (χ3v) is 3.04. The van der Waals surface area contributed by atoms with Gasteiger partial charge < -0.3 is 15.4 Å². The van der Waals surface area contributed by atoms with Gasteiger partial charge in [-0.2, -0.15) is 0 Å². The van der Waals surface area contributed by atoms with Crippen LogP contribution >= 0.6 is 0 Å². The third-order valence-electron chi connectivity index (χ3n) is 3.04. The average Bonchev–Trinajstić information content (AvgIpc) is 2.68. The summed E-state index contributed by atoms with van der Waals surface area (Å²) >= 11 is 0. The van der Waals surface area contributed by atoms with E-state index in [0.717, 1.165) is 22.9 Å². The fraction of sp³-hybridized carbons (Fsp3) is 0.167. The molecule has 0 unspecified atom stereocenters. The van der Waals surface area contributed by atoms with Crippen molar-refractivity contribution in [2.45, 2.75) is 6.42 Å². The zero-order chi connectivity index (χ0) is 12.0. The minimum Gasteiger partial charge on any atom is -0.478 e. The number of aromatic carboxylic acids is 1. The zero-order valence-electron chi connectivity index (χ0n) is 8.91. The lowest BCUT2D eigenvalue weighted by atomic mass is 10.0. The van der Waals surface area contributed by atoms with Crippen LogP contribution in [0, 0.1) is 0 Å². The molecule has 3 rings (SSSR count). The molecule has 0 aliphatic carbocycles. The Bertz CT molecular complexity index is 642. The molecule has 0 radical (unpaired) electrons. The van der Waals surface area contributed by atoms with Crippen LogP contribution in [-0.4, -0.2) is 28.5 Å². The molecule has 17 heavy (non-hydrogen) atoms. The lowest BCUT2D eigenvalue weighted by molar-refractivity contribution is 0.0696. The van der Waals surface area contributed by atoms with Gasteiger partial charge in [0.05, 0.1) is 5.56 Å². The van der Waals surface area contributed by atoms with Crippen molar-refractivity contribution in [1.82, 2.24) is 10.3 Å². The number of carboxylic acid groups (broad SMARTS) is 1. The van der Waals surface area contributed by atoms with E-state index in [1.807, 2.05) is 0 Å². The number of carbonyl (C=O) groups is 2. The fourth-order valence-corrected chi connectivity index (χ4v) is 2.22. The van der Waals surface area contributed by atoms with Crippen molar-refractivity contribution in [2.24, 2.45) is 0 Å². The van der Waals surface area contributed by atoms with Crippen LogP contribution in [-0.2, 0) is 6.42 Å². The van der Waals surface area contributed by atoms with Crippen LogP contribution in [0.25, 0.3) is 10.9 Å². The predicted octanol–water partition coefficient (Wildman–Crippen LogP) is 1.15.